The lowest BCUT2D eigenvalue weighted by atomic mass is 10.3. The molecule has 0 saturated heterocycles. The van der Waals surface area contributed by atoms with Crippen molar-refractivity contribution in [3.05, 3.63) is 38.0 Å². The third-order valence-corrected chi connectivity index (χ3v) is 1.23. The zero-order valence-electron chi connectivity index (χ0n) is 12.0. The molecule has 6 nitrogen and oxygen atoms in total. The van der Waals surface area contributed by atoms with Crippen LogP contribution in [0.25, 0.3) is 0 Å². The number of hydrogen-bond donors (Lipinski definition) is 3. The minimum Gasteiger partial charge on any atom is -0.478 e. The van der Waals surface area contributed by atoms with E-state index in [9.17, 15) is 14.4 Å². The van der Waals surface area contributed by atoms with Crippen molar-refractivity contribution in [1.29, 1.82) is 0 Å². The maximum atomic E-state index is 9.25. The van der Waals surface area contributed by atoms with Crippen LogP contribution in [0.5, 0.6) is 0 Å². The summed E-state index contributed by atoms with van der Waals surface area (Å²) in [5, 5.41) is 22.8. The zero-order chi connectivity index (χ0) is 17.0. The molecule has 0 aliphatic carbocycles. The third-order valence-electron chi connectivity index (χ3n) is 1.23. The highest BCUT2D eigenvalue weighted by Crippen LogP contribution is 1.88. The van der Waals surface area contributed by atoms with Gasteiger partial charge in [-0.2, -0.15) is 0 Å². The third kappa shape index (κ3) is 106. The molecular formula is C14H24O6. The standard InChI is InChI=1S/C5H12.3C3H4O2/c1-3-5-4-2;3*1-2-3(4)5/h3-5H2,1-2H3;3*2H,1H2,(H,4,5). The second-order valence-electron chi connectivity index (χ2n) is 2.98. The van der Waals surface area contributed by atoms with Gasteiger partial charge in [0.15, 0.2) is 0 Å². The quantitative estimate of drug-likeness (QED) is 0.670. The van der Waals surface area contributed by atoms with Gasteiger partial charge >= 0.3 is 17.9 Å². The Labute approximate surface area is 119 Å². The van der Waals surface area contributed by atoms with E-state index in [4.69, 9.17) is 15.3 Å². The van der Waals surface area contributed by atoms with E-state index in [1.807, 2.05) is 0 Å². The van der Waals surface area contributed by atoms with Gasteiger partial charge in [-0.05, 0) is 0 Å². The van der Waals surface area contributed by atoms with E-state index < -0.39 is 17.9 Å². The number of unbranched alkanes of at least 4 members (excludes halogenated alkanes) is 2. The van der Waals surface area contributed by atoms with Crippen molar-refractivity contribution < 1.29 is 29.7 Å². The SMILES string of the molecule is C=CC(=O)O.C=CC(=O)O.C=CC(=O)O.CCCCC. The number of carbonyl (C=O) groups is 3. The Hall–Kier alpha value is -2.37. The minimum atomic E-state index is -0.981. The van der Waals surface area contributed by atoms with Gasteiger partial charge in [-0.1, -0.05) is 52.8 Å². The molecule has 0 aromatic carbocycles. The molecule has 0 heterocycles. The fourth-order valence-corrected chi connectivity index (χ4v) is 0.354. The van der Waals surface area contributed by atoms with Crippen molar-refractivity contribution in [2.45, 2.75) is 33.1 Å². The van der Waals surface area contributed by atoms with Gasteiger partial charge in [-0.3, -0.25) is 0 Å². The van der Waals surface area contributed by atoms with Crippen molar-refractivity contribution in [3.8, 4) is 0 Å². The number of aliphatic carboxylic acids is 3. The fourth-order valence-electron chi connectivity index (χ4n) is 0.354. The first-order valence-electron chi connectivity index (χ1n) is 5.79. The molecule has 3 N–H and O–H groups in total. The zero-order valence-corrected chi connectivity index (χ0v) is 12.0. The molecule has 0 radical (unpaired) electrons. The smallest absolute Gasteiger partial charge is 0.327 e. The molecule has 0 rings (SSSR count). The molecule has 0 aromatic heterocycles. The van der Waals surface area contributed by atoms with E-state index in [0.29, 0.717) is 0 Å². The van der Waals surface area contributed by atoms with Crippen LogP contribution in [0, 0.1) is 0 Å². The summed E-state index contributed by atoms with van der Waals surface area (Å²) in [4.78, 5) is 27.8. The molecule has 0 bridgehead atoms. The van der Waals surface area contributed by atoms with Crippen LogP contribution >= 0.6 is 0 Å². The van der Waals surface area contributed by atoms with Crippen molar-refractivity contribution in [2.24, 2.45) is 0 Å². The molecular weight excluding hydrogens is 264 g/mol. The first-order chi connectivity index (χ1) is 9.22. The highest BCUT2D eigenvalue weighted by Gasteiger charge is 1.74. The van der Waals surface area contributed by atoms with Crippen LogP contribution in [-0.2, 0) is 14.4 Å². The number of carboxylic acids is 3. The van der Waals surface area contributed by atoms with Crippen LogP contribution in [0.3, 0.4) is 0 Å². The number of carboxylic acid groups (broad SMARTS) is 3. The second-order valence-corrected chi connectivity index (χ2v) is 2.98. The van der Waals surface area contributed by atoms with Crippen LogP contribution in [0.15, 0.2) is 38.0 Å². The lowest BCUT2D eigenvalue weighted by Gasteiger charge is -1.79. The average Bonchev–Trinajstić information content (AvgIpc) is 2.41. The van der Waals surface area contributed by atoms with Gasteiger partial charge in [-0.15, -0.1) is 0 Å². The lowest BCUT2D eigenvalue weighted by molar-refractivity contribution is -0.132. The predicted molar refractivity (Wildman–Crippen MR) is 78.7 cm³/mol. The van der Waals surface area contributed by atoms with Crippen LogP contribution < -0.4 is 0 Å². The summed E-state index contributed by atoms with van der Waals surface area (Å²) in [7, 11) is 0. The largest absolute Gasteiger partial charge is 0.478 e. The van der Waals surface area contributed by atoms with E-state index >= 15 is 0 Å². The molecule has 0 aliphatic rings. The highest BCUT2D eigenvalue weighted by molar-refractivity contribution is 5.79. The van der Waals surface area contributed by atoms with Crippen molar-refractivity contribution in [2.75, 3.05) is 0 Å². The molecule has 0 fully saturated rings. The Balaban J connectivity index is -0.0000000853. The molecule has 0 unspecified atom stereocenters. The predicted octanol–water partition coefficient (Wildman–Crippen LogP) is 2.97. The normalized spacial score (nSPS) is 6.90. The number of rotatable bonds is 5. The van der Waals surface area contributed by atoms with E-state index in [0.717, 1.165) is 18.2 Å². The first kappa shape index (κ1) is 26.2. The average molecular weight is 288 g/mol. The molecule has 0 spiro atoms. The molecule has 0 aromatic rings. The monoisotopic (exact) mass is 288 g/mol. The van der Waals surface area contributed by atoms with E-state index in [-0.39, 0.29) is 0 Å². The van der Waals surface area contributed by atoms with Gasteiger partial charge in [0.25, 0.3) is 0 Å². The molecule has 0 atom stereocenters. The van der Waals surface area contributed by atoms with Crippen LogP contribution in [-0.4, -0.2) is 33.2 Å². The Morgan fingerprint density at radius 3 is 0.900 bits per heavy atom. The van der Waals surface area contributed by atoms with Gasteiger partial charge in [0.1, 0.15) is 0 Å². The maximum absolute atomic E-state index is 9.25. The number of hydrogen-bond acceptors (Lipinski definition) is 3. The van der Waals surface area contributed by atoms with Crippen LogP contribution in [0.4, 0.5) is 0 Å². The first-order valence-corrected chi connectivity index (χ1v) is 5.79. The second kappa shape index (κ2) is 25.5. The van der Waals surface area contributed by atoms with Crippen molar-refractivity contribution in [1.82, 2.24) is 0 Å². The Morgan fingerprint density at radius 2 is 0.900 bits per heavy atom. The van der Waals surface area contributed by atoms with E-state index in [2.05, 4.69) is 33.6 Å². The summed E-state index contributed by atoms with van der Waals surface area (Å²) in [6.07, 6.45) is 6.58. The Morgan fingerprint density at radius 1 is 0.750 bits per heavy atom. The lowest BCUT2D eigenvalue weighted by Crippen LogP contribution is -1.82. The van der Waals surface area contributed by atoms with Crippen molar-refractivity contribution in [3.63, 3.8) is 0 Å². The minimum absolute atomic E-state index is 0.833. The summed E-state index contributed by atoms with van der Waals surface area (Å²) in [5.41, 5.74) is 0. The summed E-state index contributed by atoms with van der Waals surface area (Å²) >= 11 is 0. The summed E-state index contributed by atoms with van der Waals surface area (Å²) < 4.78 is 0. The molecule has 116 valence electrons. The van der Waals surface area contributed by atoms with Gasteiger partial charge in [0.2, 0.25) is 0 Å². The van der Waals surface area contributed by atoms with E-state index in [1.54, 1.807) is 0 Å². The molecule has 0 amide bonds. The molecule has 6 heteroatoms. The Bertz CT molecular complexity index is 249. The van der Waals surface area contributed by atoms with Crippen molar-refractivity contribution >= 4 is 17.9 Å². The molecule has 20 heavy (non-hydrogen) atoms. The summed E-state index contributed by atoms with van der Waals surface area (Å²) in [5.74, 6) is -2.94. The highest BCUT2D eigenvalue weighted by atomic mass is 16.4. The van der Waals surface area contributed by atoms with Crippen LogP contribution in [0.2, 0.25) is 0 Å². The van der Waals surface area contributed by atoms with E-state index in [1.165, 1.54) is 19.3 Å². The topological polar surface area (TPSA) is 112 Å². The summed E-state index contributed by atoms with van der Waals surface area (Å²) in [6, 6.07) is 0. The molecule has 0 saturated carbocycles. The van der Waals surface area contributed by atoms with Crippen LogP contribution in [0.1, 0.15) is 33.1 Å². The fraction of sp³-hybridized carbons (Fsp3) is 0.357. The van der Waals surface area contributed by atoms with Gasteiger partial charge in [-0.25, -0.2) is 14.4 Å². The molecule has 0 aliphatic heterocycles. The van der Waals surface area contributed by atoms with Gasteiger partial charge in [0, 0.05) is 18.2 Å². The summed E-state index contributed by atoms with van der Waals surface area (Å²) in [6.45, 7) is 13.3. The van der Waals surface area contributed by atoms with Gasteiger partial charge in [0.05, 0.1) is 0 Å². The van der Waals surface area contributed by atoms with Gasteiger partial charge < -0.3 is 15.3 Å². The Kier molecular flexibility index (Phi) is 33.4. The maximum Gasteiger partial charge on any atom is 0.327 e.